The molecule has 0 spiro atoms. The largest absolute Gasteiger partial charge is 0.345 e. The van der Waals surface area contributed by atoms with Crippen LogP contribution in [-0.2, 0) is 9.59 Å². The average molecular weight is 365 g/mol. The first-order valence-corrected chi connectivity index (χ1v) is 9.90. The Morgan fingerprint density at radius 3 is 1.76 bits per heavy atom. The van der Waals surface area contributed by atoms with Crippen molar-refractivity contribution >= 4 is 29.1 Å². The highest BCUT2D eigenvalue weighted by atomic mass is 35.5. The standard InChI is InChI=1S/C20H29ClN2O2/c21-16-12-14-18(15-13-16)23-20(25)19(24)22-17-10-8-6-4-2-1-3-5-7-9-11-17/h12-15,17H,1-11H2,(H,22,24)(H,23,25). The molecule has 25 heavy (non-hydrogen) atoms. The number of anilines is 1. The third kappa shape index (κ3) is 7.91. The van der Waals surface area contributed by atoms with Crippen molar-refractivity contribution in [1.29, 1.82) is 0 Å². The SMILES string of the molecule is O=C(Nc1ccc(Cl)cc1)C(=O)NC1CCCCCCCCCCC1. The second-order valence-corrected chi connectivity index (χ2v) is 7.33. The summed E-state index contributed by atoms with van der Waals surface area (Å²) in [7, 11) is 0. The number of hydrogen-bond acceptors (Lipinski definition) is 2. The smallest absolute Gasteiger partial charge is 0.313 e. The number of nitrogens with one attached hydrogen (secondary N) is 2. The molecule has 0 unspecified atom stereocenters. The summed E-state index contributed by atoms with van der Waals surface area (Å²) in [6, 6.07) is 6.83. The Labute approximate surface area is 155 Å². The first-order chi connectivity index (χ1) is 12.1. The molecule has 1 aromatic rings. The van der Waals surface area contributed by atoms with E-state index in [2.05, 4.69) is 10.6 Å². The fourth-order valence-corrected chi connectivity index (χ4v) is 3.41. The van der Waals surface area contributed by atoms with Crippen molar-refractivity contribution in [3.05, 3.63) is 29.3 Å². The van der Waals surface area contributed by atoms with E-state index in [0.29, 0.717) is 10.7 Å². The number of carbonyl (C=O) groups excluding carboxylic acids is 2. The van der Waals surface area contributed by atoms with Crippen molar-refractivity contribution in [3.63, 3.8) is 0 Å². The molecule has 4 nitrogen and oxygen atoms in total. The number of benzene rings is 1. The minimum absolute atomic E-state index is 0.0999. The summed E-state index contributed by atoms with van der Waals surface area (Å²) >= 11 is 5.82. The number of halogens is 1. The zero-order valence-electron chi connectivity index (χ0n) is 14.9. The molecule has 0 heterocycles. The van der Waals surface area contributed by atoms with Gasteiger partial charge in [0.15, 0.2) is 0 Å². The third-order valence-electron chi connectivity index (χ3n) is 4.75. The monoisotopic (exact) mass is 364 g/mol. The van der Waals surface area contributed by atoms with Gasteiger partial charge in [0.25, 0.3) is 0 Å². The molecule has 138 valence electrons. The number of carbonyl (C=O) groups is 2. The molecular formula is C20H29ClN2O2. The summed E-state index contributed by atoms with van der Waals surface area (Å²) in [5, 5.41) is 6.14. The van der Waals surface area contributed by atoms with Gasteiger partial charge in [-0.25, -0.2) is 0 Å². The molecule has 2 rings (SSSR count). The van der Waals surface area contributed by atoms with Crippen LogP contribution >= 0.6 is 11.6 Å². The highest BCUT2D eigenvalue weighted by Crippen LogP contribution is 2.17. The quantitative estimate of drug-likeness (QED) is 0.720. The molecule has 0 bridgehead atoms. The lowest BCUT2D eigenvalue weighted by Gasteiger charge is -2.19. The van der Waals surface area contributed by atoms with Crippen LogP contribution in [0.3, 0.4) is 0 Å². The fraction of sp³-hybridized carbons (Fsp3) is 0.600. The molecule has 1 aromatic carbocycles. The van der Waals surface area contributed by atoms with Crippen molar-refractivity contribution in [3.8, 4) is 0 Å². The van der Waals surface area contributed by atoms with E-state index in [9.17, 15) is 9.59 Å². The second-order valence-electron chi connectivity index (χ2n) is 6.89. The van der Waals surface area contributed by atoms with Gasteiger partial charge in [-0.15, -0.1) is 0 Å². The molecule has 0 saturated heterocycles. The van der Waals surface area contributed by atoms with E-state index in [4.69, 9.17) is 11.6 Å². The van der Waals surface area contributed by atoms with Gasteiger partial charge in [0, 0.05) is 16.8 Å². The maximum absolute atomic E-state index is 12.2. The van der Waals surface area contributed by atoms with E-state index in [-0.39, 0.29) is 6.04 Å². The summed E-state index contributed by atoms with van der Waals surface area (Å²) in [4.78, 5) is 24.3. The Morgan fingerprint density at radius 1 is 0.760 bits per heavy atom. The van der Waals surface area contributed by atoms with Crippen molar-refractivity contribution in [2.24, 2.45) is 0 Å². The third-order valence-corrected chi connectivity index (χ3v) is 5.00. The average Bonchev–Trinajstić information content (AvgIpc) is 2.59. The maximum Gasteiger partial charge on any atom is 0.313 e. The number of rotatable bonds is 2. The molecule has 5 heteroatoms. The molecule has 2 amide bonds. The highest BCUT2D eigenvalue weighted by Gasteiger charge is 2.18. The van der Waals surface area contributed by atoms with Crippen LogP contribution in [0.5, 0.6) is 0 Å². The van der Waals surface area contributed by atoms with Crippen LogP contribution in [0.25, 0.3) is 0 Å². The zero-order chi connectivity index (χ0) is 17.9. The molecule has 1 fully saturated rings. The molecule has 0 aromatic heterocycles. The summed E-state index contributed by atoms with van der Waals surface area (Å²) in [5.41, 5.74) is 0.572. The first-order valence-electron chi connectivity index (χ1n) is 9.52. The van der Waals surface area contributed by atoms with Crippen molar-refractivity contribution in [2.75, 3.05) is 5.32 Å². The lowest BCUT2D eigenvalue weighted by Crippen LogP contribution is -2.41. The van der Waals surface area contributed by atoms with E-state index in [0.717, 1.165) is 25.7 Å². The summed E-state index contributed by atoms with van der Waals surface area (Å²) in [6.45, 7) is 0. The summed E-state index contributed by atoms with van der Waals surface area (Å²) in [5.74, 6) is -1.17. The Kier molecular flexibility index (Phi) is 8.81. The van der Waals surface area contributed by atoms with Crippen molar-refractivity contribution < 1.29 is 9.59 Å². The molecule has 0 aliphatic heterocycles. The van der Waals surface area contributed by atoms with Gasteiger partial charge in [-0.3, -0.25) is 9.59 Å². The predicted octanol–water partition coefficient (Wildman–Crippen LogP) is 5.07. The summed E-state index contributed by atoms with van der Waals surface area (Å²) < 4.78 is 0. The molecule has 1 saturated carbocycles. The van der Waals surface area contributed by atoms with Crippen LogP contribution in [0.15, 0.2) is 24.3 Å². The van der Waals surface area contributed by atoms with Gasteiger partial charge in [0.05, 0.1) is 0 Å². The molecular weight excluding hydrogens is 336 g/mol. The topological polar surface area (TPSA) is 58.2 Å². The van der Waals surface area contributed by atoms with Crippen LogP contribution in [0.1, 0.15) is 70.6 Å². The van der Waals surface area contributed by atoms with Gasteiger partial charge < -0.3 is 10.6 Å². The lowest BCUT2D eigenvalue weighted by molar-refractivity contribution is -0.136. The van der Waals surface area contributed by atoms with E-state index in [1.807, 2.05) is 0 Å². The van der Waals surface area contributed by atoms with Crippen molar-refractivity contribution in [1.82, 2.24) is 5.32 Å². The normalized spacial score (nSPS) is 17.8. The maximum atomic E-state index is 12.2. The van der Waals surface area contributed by atoms with Gasteiger partial charge in [-0.2, -0.15) is 0 Å². The van der Waals surface area contributed by atoms with Gasteiger partial charge in [-0.1, -0.05) is 69.4 Å². The lowest BCUT2D eigenvalue weighted by atomic mass is 9.98. The number of hydrogen-bond donors (Lipinski definition) is 2. The molecule has 2 N–H and O–H groups in total. The Balaban J connectivity index is 1.82. The summed E-state index contributed by atoms with van der Waals surface area (Å²) in [6.07, 6.45) is 13.1. The second kappa shape index (κ2) is 11.1. The fourth-order valence-electron chi connectivity index (χ4n) is 3.28. The molecule has 1 aliphatic carbocycles. The molecule has 0 atom stereocenters. The first kappa shape index (κ1) is 19.8. The minimum Gasteiger partial charge on any atom is -0.345 e. The minimum atomic E-state index is -0.617. The molecule has 1 aliphatic rings. The van der Waals surface area contributed by atoms with Crippen molar-refractivity contribution in [2.45, 2.75) is 76.7 Å². The van der Waals surface area contributed by atoms with Crippen LogP contribution in [0.4, 0.5) is 5.69 Å². The van der Waals surface area contributed by atoms with Gasteiger partial charge in [0.2, 0.25) is 0 Å². The van der Waals surface area contributed by atoms with Gasteiger partial charge in [-0.05, 0) is 37.1 Å². The van der Waals surface area contributed by atoms with Crippen LogP contribution < -0.4 is 10.6 Å². The Morgan fingerprint density at radius 2 is 1.24 bits per heavy atom. The van der Waals surface area contributed by atoms with E-state index in [1.165, 1.54) is 44.9 Å². The van der Waals surface area contributed by atoms with Crippen LogP contribution in [0, 0.1) is 0 Å². The van der Waals surface area contributed by atoms with Gasteiger partial charge >= 0.3 is 11.8 Å². The van der Waals surface area contributed by atoms with E-state index in [1.54, 1.807) is 24.3 Å². The van der Waals surface area contributed by atoms with E-state index >= 15 is 0 Å². The zero-order valence-corrected chi connectivity index (χ0v) is 15.6. The molecule has 0 radical (unpaired) electrons. The van der Waals surface area contributed by atoms with Gasteiger partial charge in [0.1, 0.15) is 0 Å². The highest BCUT2D eigenvalue weighted by molar-refractivity contribution is 6.39. The van der Waals surface area contributed by atoms with Crippen LogP contribution in [0.2, 0.25) is 5.02 Å². The van der Waals surface area contributed by atoms with E-state index < -0.39 is 11.8 Å². The number of amides is 2. The Bertz CT molecular complexity index is 533. The predicted molar refractivity (Wildman–Crippen MR) is 103 cm³/mol. The van der Waals surface area contributed by atoms with Crippen LogP contribution in [-0.4, -0.2) is 17.9 Å². The Hall–Kier alpha value is -1.55.